The first-order chi connectivity index (χ1) is 8.13. The smallest absolute Gasteiger partial charge is 0.140 e. The molecule has 0 fully saturated rings. The summed E-state index contributed by atoms with van der Waals surface area (Å²) in [7, 11) is 0. The maximum atomic E-state index is 5.65. The summed E-state index contributed by atoms with van der Waals surface area (Å²) in [5.41, 5.74) is 3.41. The zero-order chi connectivity index (χ0) is 12.4. The summed E-state index contributed by atoms with van der Waals surface area (Å²) < 4.78 is 5.65. The maximum Gasteiger partial charge on any atom is 0.140 e. The minimum atomic E-state index is 0.438. The number of nitrogens with zero attached hydrogens (tertiary/aromatic N) is 1. The van der Waals surface area contributed by atoms with Crippen LogP contribution < -0.4 is 0 Å². The average Bonchev–Trinajstić information content (AvgIpc) is 2.77. The Hall–Kier alpha value is -1.31. The molecule has 2 rings (SSSR count). The second-order valence-corrected chi connectivity index (χ2v) is 5.20. The zero-order valence-corrected chi connectivity index (χ0v) is 11.2. The molecule has 2 aromatic rings. The van der Waals surface area contributed by atoms with Crippen LogP contribution in [0.15, 0.2) is 22.9 Å². The van der Waals surface area contributed by atoms with Gasteiger partial charge in [-0.25, -0.2) is 0 Å². The van der Waals surface area contributed by atoms with Gasteiger partial charge in [0, 0.05) is 17.1 Å². The van der Waals surface area contributed by atoms with Crippen molar-refractivity contribution in [1.29, 1.82) is 0 Å². The van der Waals surface area contributed by atoms with Gasteiger partial charge in [-0.1, -0.05) is 34.1 Å². The van der Waals surface area contributed by atoms with Crippen LogP contribution in [-0.4, -0.2) is 4.98 Å². The third-order valence-electron chi connectivity index (χ3n) is 3.40. The van der Waals surface area contributed by atoms with Gasteiger partial charge in [-0.2, -0.15) is 0 Å². The molecule has 1 unspecified atom stereocenters. The Bertz CT molecular complexity index is 499. The molecule has 2 aromatic heterocycles. The first-order valence-corrected chi connectivity index (χ1v) is 6.48. The fourth-order valence-electron chi connectivity index (χ4n) is 2.16. The summed E-state index contributed by atoms with van der Waals surface area (Å²) in [5, 5.41) is 1.18. The number of aromatic nitrogens is 1. The highest BCUT2D eigenvalue weighted by Crippen LogP contribution is 2.28. The van der Waals surface area contributed by atoms with Gasteiger partial charge < -0.3 is 4.42 Å². The number of furan rings is 1. The summed E-state index contributed by atoms with van der Waals surface area (Å²) in [6, 6.07) is 2.04. The van der Waals surface area contributed by atoms with Crippen LogP contribution in [0.25, 0.3) is 11.0 Å². The minimum absolute atomic E-state index is 0.438. The molecule has 2 heteroatoms. The Labute approximate surface area is 103 Å². The van der Waals surface area contributed by atoms with Gasteiger partial charge >= 0.3 is 0 Å². The van der Waals surface area contributed by atoms with Gasteiger partial charge in [-0.05, 0) is 24.3 Å². The van der Waals surface area contributed by atoms with Crippen molar-refractivity contribution < 1.29 is 4.42 Å². The molecule has 0 bridgehead atoms. The number of fused-ring (bicyclic) bond motifs is 1. The van der Waals surface area contributed by atoms with Crippen molar-refractivity contribution in [3.63, 3.8) is 0 Å². The third kappa shape index (κ3) is 2.36. The van der Waals surface area contributed by atoms with Crippen molar-refractivity contribution >= 4 is 11.0 Å². The van der Waals surface area contributed by atoms with Crippen LogP contribution in [0.5, 0.6) is 0 Å². The van der Waals surface area contributed by atoms with Crippen molar-refractivity contribution in [3.05, 3.63) is 29.8 Å². The van der Waals surface area contributed by atoms with E-state index in [1.54, 1.807) is 6.26 Å². The van der Waals surface area contributed by atoms with Crippen molar-refractivity contribution in [1.82, 2.24) is 4.98 Å². The van der Waals surface area contributed by atoms with Crippen LogP contribution in [0.1, 0.15) is 51.3 Å². The van der Waals surface area contributed by atoms with E-state index in [-0.39, 0.29) is 0 Å². The number of hydrogen-bond acceptors (Lipinski definition) is 2. The Balaban J connectivity index is 2.46. The van der Waals surface area contributed by atoms with Crippen LogP contribution in [0, 0.1) is 5.92 Å². The summed E-state index contributed by atoms with van der Waals surface area (Å²) in [6.45, 7) is 8.83. The fraction of sp³-hybridized carbons (Fsp3) is 0.533. The fourth-order valence-corrected chi connectivity index (χ4v) is 2.16. The van der Waals surface area contributed by atoms with Crippen molar-refractivity contribution in [2.75, 3.05) is 0 Å². The Morgan fingerprint density at radius 3 is 2.71 bits per heavy atom. The highest BCUT2D eigenvalue weighted by Gasteiger charge is 2.14. The molecule has 0 saturated heterocycles. The van der Waals surface area contributed by atoms with Gasteiger partial charge in [0.15, 0.2) is 0 Å². The topological polar surface area (TPSA) is 26.0 Å². The number of hydrogen-bond donors (Lipinski definition) is 0. The monoisotopic (exact) mass is 231 g/mol. The van der Waals surface area contributed by atoms with E-state index in [2.05, 4.69) is 32.7 Å². The van der Waals surface area contributed by atoms with Crippen molar-refractivity contribution in [2.24, 2.45) is 5.92 Å². The second kappa shape index (κ2) is 4.91. The largest absolute Gasteiger partial charge is 0.464 e. The molecule has 0 aliphatic rings. The molecule has 0 aliphatic carbocycles. The van der Waals surface area contributed by atoms with E-state index in [0.717, 1.165) is 17.7 Å². The molecule has 0 saturated carbocycles. The third-order valence-corrected chi connectivity index (χ3v) is 3.40. The standard InChI is InChI=1S/C15H21NO/c1-5-11(4)8-12-9-16-14(10(2)3)13-6-7-17-15(12)13/h6-7,9-11H,5,8H2,1-4H3. The van der Waals surface area contributed by atoms with Gasteiger partial charge in [0.25, 0.3) is 0 Å². The van der Waals surface area contributed by atoms with Gasteiger partial charge in [0.2, 0.25) is 0 Å². The van der Waals surface area contributed by atoms with Crippen LogP contribution >= 0.6 is 0 Å². The van der Waals surface area contributed by atoms with E-state index in [1.165, 1.54) is 17.4 Å². The van der Waals surface area contributed by atoms with E-state index < -0.39 is 0 Å². The minimum Gasteiger partial charge on any atom is -0.464 e. The molecule has 0 amide bonds. The lowest BCUT2D eigenvalue weighted by atomic mass is 9.97. The number of pyridine rings is 1. The molecule has 1 atom stereocenters. The summed E-state index contributed by atoms with van der Waals surface area (Å²) >= 11 is 0. The van der Waals surface area contributed by atoms with Gasteiger partial charge in [0.05, 0.1) is 12.0 Å². The van der Waals surface area contributed by atoms with Crippen LogP contribution in [-0.2, 0) is 6.42 Å². The predicted molar refractivity (Wildman–Crippen MR) is 71.3 cm³/mol. The lowest BCUT2D eigenvalue weighted by Crippen LogP contribution is -2.01. The molecule has 0 spiro atoms. The van der Waals surface area contributed by atoms with E-state index in [4.69, 9.17) is 4.42 Å². The van der Waals surface area contributed by atoms with Gasteiger partial charge in [-0.3, -0.25) is 4.98 Å². The van der Waals surface area contributed by atoms with Crippen LogP contribution in [0.3, 0.4) is 0 Å². The van der Waals surface area contributed by atoms with E-state index in [9.17, 15) is 0 Å². The first-order valence-electron chi connectivity index (χ1n) is 6.48. The number of rotatable bonds is 4. The van der Waals surface area contributed by atoms with Crippen molar-refractivity contribution in [2.45, 2.75) is 46.5 Å². The summed E-state index contributed by atoms with van der Waals surface area (Å²) in [4.78, 5) is 4.61. The molecule has 0 radical (unpaired) electrons. The summed E-state index contributed by atoms with van der Waals surface area (Å²) in [5.74, 6) is 1.11. The highest BCUT2D eigenvalue weighted by molar-refractivity contribution is 5.82. The van der Waals surface area contributed by atoms with Crippen LogP contribution in [0.4, 0.5) is 0 Å². The second-order valence-electron chi connectivity index (χ2n) is 5.20. The average molecular weight is 231 g/mol. The maximum absolute atomic E-state index is 5.65. The summed E-state index contributed by atoms with van der Waals surface area (Å²) in [6.07, 6.45) is 6.01. The lowest BCUT2D eigenvalue weighted by Gasteiger charge is -2.11. The zero-order valence-electron chi connectivity index (χ0n) is 11.2. The van der Waals surface area contributed by atoms with Crippen LogP contribution in [0.2, 0.25) is 0 Å². The SMILES string of the molecule is CCC(C)Cc1cnc(C(C)C)c2ccoc12. The molecule has 2 nitrogen and oxygen atoms in total. The Morgan fingerprint density at radius 1 is 1.29 bits per heavy atom. The molecule has 0 aliphatic heterocycles. The molecule has 92 valence electrons. The Morgan fingerprint density at radius 2 is 2.06 bits per heavy atom. The van der Waals surface area contributed by atoms with E-state index in [1.807, 2.05) is 12.3 Å². The van der Waals surface area contributed by atoms with E-state index in [0.29, 0.717) is 11.8 Å². The lowest BCUT2D eigenvalue weighted by molar-refractivity contribution is 0.548. The highest BCUT2D eigenvalue weighted by atomic mass is 16.3. The molecule has 0 aromatic carbocycles. The van der Waals surface area contributed by atoms with Gasteiger partial charge in [0.1, 0.15) is 5.58 Å². The molecule has 2 heterocycles. The molecule has 17 heavy (non-hydrogen) atoms. The van der Waals surface area contributed by atoms with Gasteiger partial charge in [-0.15, -0.1) is 0 Å². The van der Waals surface area contributed by atoms with E-state index >= 15 is 0 Å². The predicted octanol–water partition coefficient (Wildman–Crippen LogP) is 4.54. The quantitative estimate of drug-likeness (QED) is 0.772. The van der Waals surface area contributed by atoms with Crippen molar-refractivity contribution in [3.8, 4) is 0 Å². The molecule has 0 N–H and O–H groups in total. The molecular formula is C15H21NO. The Kier molecular flexibility index (Phi) is 3.51. The normalized spacial score (nSPS) is 13.5. The molecular weight excluding hydrogens is 210 g/mol. The first kappa shape index (κ1) is 12.2.